The van der Waals surface area contributed by atoms with Crippen molar-refractivity contribution in [2.75, 3.05) is 7.11 Å². The molecular formula is C12H15ClO3. The summed E-state index contributed by atoms with van der Waals surface area (Å²) in [5.74, 6) is -0.237. The zero-order valence-electron chi connectivity index (χ0n) is 9.58. The van der Waals surface area contributed by atoms with E-state index in [0.29, 0.717) is 10.8 Å². The van der Waals surface area contributed by atoms with Gasteiger partial charge >= 0.3 is 5.97 Å². The summed E-state index contributed by atoms with van der Waals surface area (Å²) in [5, 5.41) is 9.37. The first-order valence-corrected chi connectivity index (χ1v) is 5.39. The van der Waals surface area contributed by atoms with E-state index in [1.54, 1.807) is 13.2 Å². The van der Waals surface area contributed by atoms with Crippen molar-refractivity contribution in [3.63, 3.8) is 0 Å². The molecule has 16 heavy (non-hydrogen) atoms. The molecule has 4 heteroatoms. The third-order valence-electron chi connectivity index (χ3n) is 2.61. The molecule has 0 aliphatic carbocycles. The molecule has 0 amide bonds. The third-order valence-corrected chi connectivity index (χ3v) is 3.00. The maximum atomic E-state index is 10.7. The number of benzene rings is 1. The van der Waals surface area contributed by atoms with Crippen LogP contribution < -0.4 is 4.74 Å². The number of carboxylic acid groups (broad SMARTS) is 1. The van der Waals surface area contributed by atoms with Gasteiger partial charge in [0, 0.05) is 5.02 Å². The zero-order chi connectivity index (χ0) is 12.3. The molecule has 0 fully saturated rings. The number of hydrogen-bond acceptors (Lipinski definition) is 2. The molecule has 0 radical (unpaired) electrons. The number of hydrogen-bond donors (Lipinski definition) is 1. The SMILES string of the molecule is COc1cc(Cl)c(C)c(C(C)CC(=O)O)c1. The van der Waals surface area contributed by atoms with Crippen LogP contribution in [0, 0.1) is 6.92 Å². The van der Waals surface area contributed by atoms with Crippen molar-refractivity contribution in [3.05, 3.63) is 28.3 Å². The lowest BCUT2D eigenvalue weighted by Crippen LogP contribution is -2.05. The van der Waals surface area contributed by atoms with Gasteiger partial charge in [0.05, 0.1) is 13.5 Å². The van der Waals surface area contributed by atoms with E-state index in [-0.39, 0.29) is 12.3 Å². The lowest BCUT2D eigenvalue weighted by Gasteiger charge is -2.15. The quantitative estimate of drug-likeness (QED) is 0.882. The second-order valence-electron chi connectivity index (χ2n) is 3.82. The molecule has 0 aromatic heterocycles. The van der Waals surface area contributed by atoms with Crippen LogP contribution in [0.4, 0.5) is 0 Å². The molecule has 88 valence electrons. The topological polar surface area (TPSA) is 46.5 Å². The standard InChI is InChI=1S/C12H15ClO3/c1-7(4-12(14)15)10-5-9(16-3)6-11(13)8(10)2/h5-7H,4H2,1-3H3,(H,14,15). The maximum Gasteiger partial charge on any atom is 0.303 e. The monoisotopic (exact) mass is 242 g/mol. The molecular weight excluding hydrogens is 228 g/mol. The molecule has 1 unspecified atom stereocenters. The zero-order valence-corrected chi connectivity index (χ0v) is 10.3. The van der Waals surface area contributed by atoms with E-state index >= 15 is 0 Å². The first-order chi connectivity index (χ1) is 7.45. The Morgan fingerprint density at radius 2 is 2.19 bits per heavy atom. The van der Waals surface area contributed by atoms with E-state index in [9.17, 15) is 4.79 Å². The van der Waals surface area contributed by atoms with Crippen LogP contribution in [0.25, 0.3) is 0 Å². The number of carboxylic acids is 1. The Morgan fingerprint density at radius 3 is 2.69 bits per heavy atom. The summed E-state index contributed by atoms with van der Waals surface area (Å²) in [6, 6.07) is 3.57. The van der Waals surface area contributed by atoms with E-state index in [1.165, 1.54) is 0 Å². The summed E-state index contributed by atoms with van der Waals surface area (Å²) in [4.78, 5) is 10.7. The van der Waals surface area contributed by atoms with Gasteiger partial charge in [-0.25, -0.2) is 0 Å². The number of aliphatic carboxylic acids is 1. The summed E-state index contributed by atoms with van der Waals surface area (Å²) in [6.45, 7) is 3.75. The van der Waals surface area contributed by atoms with Gasteiger partial charge in [0.25, 0.3) is 0 Å². The largest absolute Gasteiger partial charge is 0.497 e. The summed E-state index contributed by atoms with van der Waals surface area (Å²) >= 11 is 6.05. The lowest BCUT2D eigenvalue weighted by atomic mass is 9.93. The average molecular weight is 243 g/mol. The highest BCUT2D eigenvalue weighted by atomic mass is 35.5. The average Bonchev–Trinajstić information content (AvgIpc) is 2.20. The number of rotatable bonds is 4. The fraction of sp³-hybridized carbons (Fsp3) is 0.417. The van der Waals surface area contributed by atoms with Crippen LogP contribution in [0.15, 0.2) is 12.1 Å². The Balaban J connectivity index is 3.10. The van der Waals surface area contributed by atoms with Gasteiger partial charge in [-0.15, -0.1) is 0 Å². The fourth-order valence-corrected chi connectivity index (χ4v) is 1.89. The first-order valence-electron chi connectivity index (χ1n) is 5.01. The van der Waals surface area contributed by atoms with Crippen molar-refractivity contribution in [1.82, 2.24) is 0 Å². The Morgan fingerprint density at radius 1 is 1.56 bits per heavy atom. The second-order valence-corrected chi connectivity index (χ2v) is 4.23. The molecule has 0 saturated heterocycles. The van der Waals surface area contributed by atoms with E-state index in [1.807, 2.05) is 19.9 Å². The highest BCUT2D eigenvalue weighted by molar-refractivity contribution is 6.31. The van der Waals surface area contributed by atoms with E-state index in [2.05, 4.69) is 0 Å². The molecule has 1 aromatic carbocycles. The number of methoxy groups -OCH3 is 1. The Kier molecular flexibility index (Phi) is 4.19. The molecule has 0 spiro atoms. The van der Waals surface area contributed by atoms with Gasteiger partial charge in [0.1, 0.15) is 5.75 Å². The van der Waals surface area contributed by atoms with Crippen LogP contribution >= 0.6 is 11.6 Å². The van der Waals surface area contributed by atoms with Gasteiger partial charge < -0.3 is 9.84 Å². The van der Waals surface area contributed by atoms with Crippen molar-refractivity contribution in [2.24, 2.45) is 0 Å². The predicted octanol–water partition coefficient (Wildman–Crippen LogP) is 3.24. The maximum absolute atomic E-state index is 10.7. The van der Waals surface area contributed by atoms with Crippen molar-refractivity contribution in [2.45, 2.75) is 26.2 Å². The van der Waals surface area contributed by atoms with Crippen molar-refractivity contribution >= 4 is 17.6 Å². The molecule has 1 aromatic rings. The molecule has 3 nitrogen and oxygen atoms in total. The van der Waals surface area contributed by atoms with Crippen molar-refractivity contribution in [3.8, 4) is 5.75 Å². The van der Waals surface area contributed by atoms with Crippen molar-refractivity contribution in [1.29, 1.82) is 0 Å². The molecule has 1 rings (SSSR count). The highest BCUT2D eigenvalue weighted by Gasteiger charge is 2.15. The molecule has 1 atom stereocenters. The molecule has 1 N–H and O–H groups in total. The Hall–Kier alpha value is -1.22. The smallest absolute Gasteiger partial charge is 0.303 e. The molecule has 0 aliphatic heterocycles. The molecule has 0 bridgehead atoms. The normalized spacial score (nSPS) is 12.2. The van der Waals surface area contributed by atoms with Crippen LogP contribution in [-0.2, 0) is 4.79 Å². The van der Waals surface area contributed by atoms with Gasteiger partial charge in [-0.3, -0.25) is 4.79 Å². The summed E-state index contributed by atoms with van der Waals surface area (Å²) < 4.78 is 5.11. The van der Waals surface area contributed by atoms with Crippen LogP contribution in [0.1, 0.15) is 30.4 Å². The Bertz CT molecular complexity index is 401. The van der Waals surface area contributed by atoms with E-state index in [0.717, 1.165) is 11.1 Å². The minimum atomic E-state index is -0.814. The lowest BCUT2D eigenvalue weighted by molar-refractivity contribution is -0.137. The third kappa shape index (κ3) is 2.89. The highest BCUT2D eigenvalue weighted by Crippen LogP contribution is 2.32. The van der Waals surface area contributed by atoms with E-state index in [4.69, 9.17) is 21.4 Å². The molecule has 0 aliphatic rings. The fourth-order valence-electron chi connectivity index (χ4n) is 1.68. The minimum absolute atomic E-state index is 0.0786. The number of ether oxygens (including phenoxy) is 1. The molecule has 0 heterocycles. The summed E-state index contributed by atoms with van der Waals surface area (Å²) in [7, 11) is 1.56. The van der Waals surface area contributed by atoms with Crippen LogP contribution in [0.3, 0.4) is 0 Å². The number of halogens is 1. The Labute approximate surface area is 100.0 Å². The summed E-state index contributed by atoms with van der Waals surface area (Å²) in [5.41, 5.74) is 1.84. The minimum Gasteiger partial charge on any atom is -0.497 e. The predicted molar refractivity (Wildman–Crippen MR) is 63.4 cm³/mol. The van der Waals surface area contributed by atoms with Gasteiger partial charge in [-0.2, -0.15) is 0 Å². The second kappa shape index (κ2) is 5.21. The van der Waals surface area contributed by atoms with E-state index < -0.39 is 5.97 Å². The first kappa shape index (κ1) is 12.8. The van der Waals surface area contributed by atoms with Gasteiger partial charge in [0.2, 0.25) is 0 Å². The van der Waals surface area contributed by atoms with Gasteiger partial charge in [0.15, 0.2) is 0 Å². The number of carbonyl (C=O) groups is 1. The van der Waals surface area contributed by atoms with Gasteiger partial charge in [-0.1, -0.05) is 18.5 Å². The van der Waals surface area contributed by atoms with Crippen LogP contribution in [-0.4, -0.2) is 18.2 Å². The van der Waals surface area contributed by atoms with Crippen LogP contribution in [0.2, 0.25) is 5.02 Å². The van der Waals surface area contributed by atoms with Crippen LogP contribution in [0.5, 0.6) is 5.75 Å². The molecule has 0 saturated carbocycles. The van der Waals surface area contributed by atoms with Crippen molar-refractivity contribution < 1.29 is 14.6 Å². The van der Waals surface area contributed by atoms with Gasteiger partial charge in [-0.05, 0) is 36.1 Å². The summed E-state index contributed by atoms with van der Waals surface area (Å²) in [6.07, 6.45) is 0.0876.